The Morgan fingerprint density at radius 3 is 2.61 bits per heavy atom. The van der Waals surface area contributed by atoms with Crippen molar-refractivity contribution >= 4 is 11.9 Å². The second-order valence-corrected chi connectivity index (χ2v) is 3.82. The Morgan fingerprint density at radius 2 is 2.11 bits per heavy atom. The average Bonchev–Trinajstić information content (AvgIpc) is 2.27. The molecule has 1 amide bonds. The fourth-order valence-corrected chi connectivity index (χ4v) is 1.48. The van der Waals surface area contributed by atoms with Gasteiger partial charge in [0.2, 0.25) is 0 Å². The highest BCUT2D eigenvalue weighted by Gasteiger charge is 2.21. The van der Waals surface area contributed by atoms with E-state index in [0.717, 1.165) is 0 Å². The van der Waals surface area contributed by atoms with E-state index >= 15 is 0 Å². The maximum atomic E-state index is 11.9. The summed E-state index contributed by atoms with van der Waals surface area (Å²) in [6, 6.07) is 3.14. The molecule has 0 saturated heterocycles. The maximum Gasteiger partial charge on any atom is 0.328 e. The quantitative estimate of drug-likeness (QED) is 0.711. The second-order valence-electron chi connectivity index (χ2n) is 3.82. The van der Waals surface area contributed by atoms with Crippen LogP contribution in [0.2, 0.25) is 0 Å². The van der Waals surface area contributed by atoms with Crippen LogP contribution in [0.5, 0.6) is 5.75 Å². The molecule has 6 heteroatoms. The molecule has 0 aliphatic heterocycles. The zero-order valence-electron chi connectivity index (χ0n) is 10.1. The Morgan fingerprint density at radius 1 is 1.44 bits per heavy atom. The highest BCUT2D eigenvalue weighted by atomic mass is 16.5. The number of aromatic hydroxyl groups is 1. The Kier molecular flexibility index (Phi) is 4.67. The summed E-state index contributed by atoms with van der Waals surface area (Å²) in [7, 11) is 1.36. The first-order valence-electron chi connectivity index (χ1n) is 5.28. The molecule has 98 valence electrons. The largest absolute Gasteiger partial charge is 0.508 e. The number of aryl methyl sites for hydroxylation is 1. The van der Waals surface area contributed by atoms with Crippen molar-refractivity contribution in [1.82, 2.24) is 5.32 Å². The molecule has 0 radical (unpaired) electrons. The number of hydrogen-bond acceptors (Lipinski definition) is 4. The maximum absolute atomic E-state index is 11.9. The summed E-state index contributed by atoms with van der Waals surface area (Å²) in [5, 5.41) is 20.5. The first-order chi connectivity index (χ1) is 8.45. The van der Waals surface area contributed by atoms with E-state index < -0.39 is 17.9 Å². The Hall–Kier alpha value is -2.08. The molecule has 0 heterocycles. The lowest BCUT2D eigenvalue weighted by molar-refractivity contribution is -0.140. The number of nitrogens with one attached hydrogen (secondary N) is 1. The van der Waals surface area contributed by atoms with Gasteiger partial charge in [0.15, 0.2) is 6.04 Å². The molecule has 3 N–H and O–H groups in total. The summed E-state index contributed by atoms with van der Waals surface area (Å²) >= 11 is 0. The number of phenolic OH excluding ortho intramolecular Hbond substituents is 1. The molecule has 0 bridgehead atoms. The Labute approximate surface area is 104 Å². The summed E-state index contributed by atoms with van der Waals surface area (Å²) in [5.41, 5.74) is 0.879. The first-order valence-corrected chi connectivity index (χ1v) is 5.28. The Bertz CT molecular complexity index is 458. The van der Waals surface area contributed by atoms with Crippen LogP contribution in [0, 0.1) is 6.92 Å². The van der Waals surface area contributed by atoms with Gasteiger partial charge in [-0.2, -0.15) is 0 Å². The van der Waals surface area contributed by atoms with Crippen LogP contribution >= 0.6 is 0 Å². The molecular weight excluding hydrogens is 238 g/mol. The summed E-state index contributed by atoms with van der Waals surface area (Å²) in [5.74, 6) is -1.63. The van der Waals surface area contributed by atoms with E-state index in [1.807, 2.05) is 0 Å². The van der Waals surface area contributed by atoms with Crippen molar-refractivity contribution in [2.24, 2.45) is 0 Å². The molecule has 1 unspecified atom stereocenters. The smallest absolute Gasteiger partial charge is 0.328 e. The van der Waals surface area contributed by atoms with Crippen LogP contribution < -0.4 is 5.32 Å². The molecule has 1 rings (SSSR count). The number of phenols is 1. The van der Waals surface area contributed by atoms with Gasteiger partial charge in [-0.25, -0.2) is 4.79 Å². The van der Waals surface area contributed by atoms with Gasteiger partial charge in [-0.05, 0) is 30.7 Å². The first kappa shape index (κ1) is 14.0. The van der Waals surface area contributed by atoms with Crippen molar-refractivity contribution in [1.29, 1.82) is 0 Å². The molecule has 0 spiro atoms. The number of carboxylic acids is 1. The lowest BCUT2D eigenvalue weighted by Crippen LogP contribution is -2.44. The molecule has 0 aliphatic rings. The lowest BCUT2D eigenvalue weighted by atomic mass is 10.1. The topological polar surface area (TPSA) is 95.9 Å². The monoisotopic (exact) mass is 253 g/mol. The van der Waals surface area contributed by atoms with E-state index in [9.17, 15) is 14.7 Å². The molecule has 0 aliphatic carbocycles. The summed E-state index contributed by atoms with van der Waals surface area (Å²) in [4.78, 5) is 22.7. The molecule has 0 fully saturated rings. The Balaban J connectivity index is 2.83. The van der Waals surface area contributed by atoms with Gasteiger partial charge in [0.05, 0.1) is 6.61 Å². The van der Waals surface area contributed by atoms with Crippen LogP contribution in [-0.4, -0.2) is 41.8 Å². The van der Waals surface area contributed by atoms with Crippen LogP contribution in [0.4, 0.5) is 0 Å². The number of carbonyl (C=O) groups excluding carboxylic acids is 1. The van der Waals surface area contributed by atoms with Crippen molar-refractivity contribution in [3.8, 4) is 5.75 Å². The number of rotatable bonds is 5. The third-order valence-electron chi connectivity index (χ3n) is 2.39. The van der Waals surface area contributed by atoms with E-state index in [1.54, 1.807) is 6.92 Å². The van der Waals surface area contributed by atoms with Crippen LogP contribution in [0.3, 0.4) is 0 Å². The van der Waals surface area contributed by atoms with Gasteiger partial charge in [0.25, 0.3) is 5.91 Å². The summed E-state index contributed by atoms with van der Waals surface area (Å²) < 4.78 is 4.72. The molecular formula is C12H15NO5. The summed E-state index contributed by atoms with van der Waals surface area (Å²) in [6.07, 6.45) is 0. The van der Waals surface area contributed by atoms with Gasteiger partial charge in [0, 0.05) is 12.7 Å². The van der Waals surface area contributed by atoms with Crippen molar-refractivity contribution in [3.05, 3.63) is 29.3 Å². The number of methoxy groups -OCH3 is 1. The minimum Gasteiger partial charge on any atom is -0.508 e. The SMILES string of the molecule is COCC(NC(=O)c1ccc(O)cc1C)C(=O)O. The van der Waals surface area contributed by atoms with Crippen molar-refractivity contribution < 1.29 is 24.5 Å². The number of amides is 1. The summed E-state index contributed by atoms with van der Waals surface area (Å²) in [6.45, 7) is 1.54. The van der Waals surface area contributed by atoms with Gasteiger partial charge < -0.3 is 20.3 Å². The van der Waals surface area contributed by atoms with E-state index in [1.165, 1.54) is 25.3 Å². The predicted octanol–water partition coefficient (Wildman–Crippen LogP) is 0.530. The van der Waals surface area contributed by atoms with Crippen LogP contribution in [0.15, 0.2) is 18.2 Å². The number of hydrogen-bond donors (Lipinski definition) is 3. The average molecular weight is 253 g/mol. The molecule has 1 aromatic carbocycles. The molecule has 1 aromatic rings. The normalized spacial score (nSPS) is 11.9. The van der Waals surface area contributed by atoms with E-state index in [-0.39, 0.29) is 12.4 Å². The highest BCUT2D eigenvalue weighted by molar-refractivity contribution is 5.97. The minimum absolute atomic E-state index is 0.0516. The van der Waals surface area contributed by atoms with Gasteiger partial charge in [0.1, 0.15) is 5.75 Å². The van der Waals surface area contributed by atoms with E-state index in [2.05, 4.69) is 5.32 Å². The molecule has 6 nitrogen and oxygen atoms in total. The van der Waals surface area contributed by atoms with Crippen molar-refractivity contribution in [2.45, 2.75) is 13.0 Å². The van der Waals surface area contributed by atoms with Gasteiger partial charge in [-0.1, -0.05) is 0 Å². The molecule has 18 heavy (non-hydrogen) atoms. The molecule has 1 atom stereocenters. The minimum atomic E-state index is -1.17. The molecule has 0 aromatic heterocycles. The zero-order chi connectivity index (χ0) is 13.7. The second kappa shape index (κ2) is 6.02. The standard InChI is InChI=1S/C12H15NO5/c1-7-5-8(14)3-4-9(7)11(15)13-10(6-18-2)12(16)17/h3-5,10,14H,6H2,1-2H3,(H,13,15)(H,16,17). The van der Waals surface area contributed by atoms with Gasteiger partial charge in [-0.3, -0.25) is 4.79 Å². The fraction of sp³-hybridized carbons (Fsp3) is 0.333. The zero-order valence-corrected chi connectivity index (χ0v) is 10.1. The third-order valence-corrected chi connectivity index (χ3v) is 2.39. The number of carbonyl (C=O) groups is 2. The number of carboxylic acid groups (broad SMARTS) is 1. The predicted molar refractivity (Wildman–Crippen MR) is 63.6 cm³/mol. The van der Waals surface area contributed by atoms with E-state index in [4.69, 9.17) is 9.84 Å². The molecule has 0 saturated carbocycles. The van der Waals surface area contributed by atoms with Crippen molar-refractivity contribution in [2.75, 3.05) is 13.7 Å². The van der Waals surface area contributed by atoms with Crippen LogP contribution in [-0.2, 0) is 9.53 Å². The number of benzene rings is 1. The lowest BCUT2D eigenvalue weighted by Gasteiger charge is -2.14. The van der Waals surface area contributed by atoms with Crippen LogP contribution in [0.25, 0.3) is 0 Å². The number of ether oxygens (including phenoxy) is 1. The van der Waals surface area contributed by atoms with Crippen LogP contribution in [0.1, 0.15) is 15.9 Å². The number of aliphatic carboxylic acids is 1. The van der Waals surface area contributed by atoms with E-state index in [0.29, 0.717) is 11.1 Å². The highest BCUT2D eigenvalue weighted by Crippen LogP contribution is 2.15. The van der Waals surface area contributed by atoms with Gasteiger partial charge in [-0.15, -0.1) is 0 Å². The van der Waals surface area contributed by atoms with Crippen molar-refractivity contribution in [3.63, 3.8) is 0 Å². The fourth-order valence-electron chi connectivity index (χ4n) is 1.48. The van der Waals surface area contributed by atoms with Gasteiger partial charge >= 0.3 is 5.97 Å². The third kappa shape index (κ3) is 3.46.